The number of nitrogens with zero attached hydrogens (tertiary/aromatic N) is 3. The Hall–Kier alpha value is -2.42. The van der Waals surface area contributed by atoms with Crippen LogP contribution in [0, 0.1) is 12.8 Å². The van der Waals surface area contributed by atoms with Crippen LogP contribution in [0.15, 0.2) is 54.6 Å². The average molecular weight is 528 g/mol. The summed E-state index contributed by atoms with van der Waals surface area (Å²) < 4.78 is 19.9. The summed E-state index contributed by atoms with van der Waals surface area (Å²) in [5.41, 5.74) is 2.69. The lowest BCUT2D eigenvalue weighted by Gasteiger charge is -2.28. The molecule has 8 heteroatoms. The molecule has 2 heterocycles. The van der Waals surface area contributed by atoms with Crippen LogP contribution in [0.5, 0.6) is 11.6 Å². The molecule has 1 N–H and O–H groups in total. The number of benzene rings is 2. The molecule has 0 amide bonds. The zero-order valence-corrected chi connectivity index (χ0v) is 22.7. The largest absolute Gasteiger partial charge is 0.437 e. The monoisotopic (exact) mass is 527 g/mol. The van der Waals surface area contributed by atoms with Gasteiger partial charge in [0.1, 0.15) is 5.75 Å². The third-order valence-electron chi connectivity index (χ3n) is 6.28. The Kier molecular flexibility index (Phi) is 10.00. The minimum atomic E-state index is -0.613. The molecule has 1 aliphatic rings. The first kappa shape index (κ1) is 27.6. The Labute approximate surface area is 224 Å². The van der Waals surface area contributed by atoms with E-state index >= 15 is 0 Å². The Morgan fingerprint density at radius 2 is 1.89 bits per heavy atom. The minimum absolute atomic E-state index is 0.140. The normalized spacial score (nSPS) is 16.6. The highest BCUT2D eigenvalue weighted by atomic mass is 35.5. The molecule has 0 aliphatic carbocycles. The zero-order chi connectivity index (χ0) is 26.2. The van der Waals surface area contributed by atoms with Crippen molar-refractivity contribution in [2.75, 3.05) is 32.9 Å². The molecule has 7 nitrogen and oxygen atoms in total. The zero-order valence-electron chi connectivity index (χ0n) is 22.0. The number of aromatic nitrogens is 2. The molecule has 1 fully saturated rings. The van der Waals surface area contributed by atoms with Gasteiger partial charge in [-0.05, 0) is 49.9 Å². The molecule has 0 spiro atoms. The van der Waals surface area contributed by atoms with E-state index in [1.54, 1.807) is 0 Å². The number of halogens is 1. The molecule has 4 rings (SSSR count). The van der Waals surface area contributed by atoms with Crippen LogP contribution in [0.2, 0.25) is 5.02 Å². The first-order valence-electron chi connectivity index (χ1n) is 13.1. The molecular formula is C29H38ClN3O4. The molecule has 1 saturated heterocycles. The maximum absolute atomic E-state index is 10.8. The number of rotatable bonds is 13. The maximum atomic E-state index is 10.8. The predicted octanol–water partition coefficient (Wildman–Crippen LogP) is 5.64. The molecular weight excluding hydrogens is 490 g/mol. The summed E-state index contributed by atoms with van der Waals surface area (Å²) in [6.45, 7) is 9.60. The first-order chi connectivity index (χ1) is 17.9. The number of hydrogen-bond acceptors (Lipinski definition) is 6. The van der Waals surface area contributed by atoms with Crippen molar-refractivity contribution in [3.8, 4) is 17.3 Å². The lowest BCUT2D eigenvalue weighted by molar-refractivity contribution is -0.00406. The van der Waals surface area contributed by atoms with Gasteiger partial charge in [0, 0.05) is 32.8 Å². The molecule has 0 saturated carbocycles. The molecule has 2 atom stereocenters. The van der Waals surface area contributed by atoms with Crippen molar-refractivity contribution in [2.45, 2.75) is 52.4 Å². The smallest absolute Gasteiger partial charge is 0.227 e. The number of aryl methyl sites for hydroxylation is 1. The fourth-order valence-corrected chi connectivity index (χ4v) is 4.67. The predicted molar refractivity (Wildman–Crippen MR) is 146 cm³/mol. The lowest BCUT2D eigenvalue weighted by atomic mass is 10.1. The van der Waals surface area contributed by atoms with E-state index in [2.05, 4.69) is 18.7 Å². The van der Waals surface area contributed by atoms with Crippen molar-refractivity contribution in [3.05, 3.63) is 70.9 Å². The Morgan fingerprint density at radius 1 is 1.14 bits per heavy atom. The van der Waals surface area contributed by atoms with Crippen molar-refractivity contribution < 1.29 is 19.3 Å². The van der Waals surface area contributed by atoms with E-state index in [0.29, 0.717) is 55.4 Å². The van der Waals surface area contributed by atoms with Gasteiger partial charge < -0.3 is 19.3 Å². The summed E-state index contributed by atoms with van der Waals surface area (Å²) in [5, 5.41) is 16.2. The average Bonchev–Trinajstić information content (AvgIpc) is 3.49. The third-order valence-corrected chi connectivity index (χ3v) is 6.59. The maximum Gasteiger partial charge on any atom is 0.227 e. The minimum Gasteiger partial charge on any atom is -0.437 e. The van der Waals surface area contributed by atoms with Crippen LogP contribution in [-0.4, -0.2) is 64.9 Å². The summed E-state index contributed by atoms with van der Waals surface area (Å²) in [7, 11) is 0. The van der Waals surface area contributed by atoms with E-state index in [0.717, 1.165) is 36.4 Å². The second-order valence-electron chi connectivity index (χ2n) is 10.1. The van der Waals surface area contributed by atoms with Gasteiger partial charge in [-0.15, -0.1) is 0 Å². The van der Waals surface area contributed by atoms with Gasteiger partial charge in [-0.25, -0.2) is 4.68 Å². The van der Waals surface area contributed by atoms with Gasteiger partial charge in [-0.1, -0.05) is 55.8 Å². The van der Waals surface area contributed by atoms with Crippen LogP contribution in [0.1, 0.15) is 37.9 Å². The van der Waals surface area contributed by atoms with E-state index < -0.39 is 6.10 Å². The van der Waals surface area contributed by atoms with E-state index in [1.807, 2.05) is 66.2 Å². The molecule has 3 aromatic rings. The van der Waals surface area contributed by atoms with E-state index in [9.17, 15) is 5.11 Å². The highest BCUT2D eigenvalue weighted by Crippen LogP contribution is 2.35. The van der Waals surface area contributed by atoms with Gasteiger partial charge in [-0.3, -0.25) is 4.90 Å². The van der Waals surface area contributed by atoms with Crippen LogP contribution in [0.25, 0.3) is 5.69 Å². The second kappa shape index (κ2) is 13.4. The van der Waals surface area contributed by atoms with Crippen LogP contribution in [0.4, 0.5) is 0 Å². The summed E-state index contributed by atoms with van der Waals surface area (Å²) in [4.78, 5) is 2.22. The Balaban J connectivity index is 1.62. The topological polar surface area (TPSA) is 69.0 Å². The number of aliphatic hydroxyl groups excluding tert-OH is 1. The van der Waals surface area contributed by atoms with Crippen LogP contribution < -0.4 is 4.74 Å². The highest BCUT2D eigenvalue weighted by Gasteiger charge is 2.26. The van der Waals surface area contributed by atoms with E-state index in [4.69, 9.17) is 30.9 Å². The molecule has 200 valence electrons. The molecule has 37 heavy (non-hydrogen) atoms. The standard InChI is InChI=1S/C29H38ClN3O4/c1-21(2)19-35-20-24(34)16-32(17-25-12-9-15-36-25)18-26-22(3)31-33(23-10-5-4-6-11-23)29(26)37-28-14-8-7-13-27(28)30/h4-8,10-11,13-14,21,24-25,34H,9,12,15-20H2,1-3H3/t24-,25+/m0/s1. The molecule has 1 aliphatic heterocycles. The SMILES string of the molecule is Cc1nn(-c2ccccc2)c(Oc2ccccc2Cl)c1CN(C[C@H](O)COCC(C)C)C[C@H]1CCCO1. The van der Waals surface area contributed by atoms with Gasteiger partial charge in [0.05, 0.1) is 40.8 Å². The van der Waals surface area contributed by atoms with Gasteiger partial charge in [-0.2, -0.15) is 5.10 Å². The van der Waals surface area contributed by atoms with Crippen molar-refractivity contribution >= 4 is 11.6 Å². The summed E-state index contributed by atoms with van der Waals surface area (Å²) in [6.07, 6.45) is 1.60. The number of ether oxygens (including phenoxy) is 3. The lowest BCUT2D eigenvalue weighted by Crippen LogP contribution is -2.39. The second-order valence-corrected chi connectivity index (χ2v) is 10.5. The summed E-state index contributed by atoms with van der Waals surface area (Å²) >= 11 is 6.46. The van der Waals surface area contributed by atoms with Crippen molar-refractivity contribution in [1.82, 2.24) is 14.7 Å². The van der Waals surface area contributed by atoms with Crippen LogP contribution in [0.3, 0.4) is 0 Å². The molecule has 0 unspecified atom stereocenters. The molecule has 0 bridgehead atoms. The quantitative estimate of drug-likeness (QED) is 0.310. The number of hydrogen-bond donors (Lipinski definition) is 1. The molecule has 0 radical (unpaired) electrons. The van der Waals surface area contributed by atoms with Crippen molar-refractivity contribution in [2.24, 2.45) is 5.92 Å². The fraction of sp³-hybridized carbons (Fsp3) is 0.483. The molecule has 2 aromatic carbocycles. The Morgan fingerprint density at radius 3 is 2.59 bits per heavy atom. The molecule has 1 aromatic heterocycles. The van der Waals surface area contributed by atoms with Crippen molar-refractivity contribution in [1.29, 1.82) is 0 Å². The Bertz CT molecular complexity index is 1120. The van der Waals surface area contributed by atoms with Crippen molar-refractivity contribution in [3.63, 3.8) is 0 Å². The van der Waals surface area contributed by atoms with Crippen LogP contribution >= 0.6 is 11.6 Å². The fourth-order valence-electron chi connectivity index (χ4n) is 4.50. The van der Waals surface area contributed by atoms with Gasteiger partial charge in [0.15, 0.2) is 0 Å². The number of para-hydroxylation sites is 2. The third kappa shape index (κ3) is 7.79. The van der Waals surface area contributed by atoms with E-state index in [1.165, 1.54) is 0 Å². The van der Waals surface area contributed by atoms with Gasteiger partial charge in [0.25, 0.3) is 0 Å². The summed E-state index contributed by atoms with van der Waals surface area (Å²) in [5.74, 6) is 1.60. The van der Waals surface area contributed by atoms with E-state index in [-0.39, 0.29) is 6.10 Å². The highest BCUT2D eigenvalue weighted by molar-refractivity contribution is 6.32. The van der Waals surface area contributed by atoms with Gasteiger partial charge in [0.2, 0.25) is 5.88 Å². The number of aliphatic hydroxyl groups is 1. The summed E-state index contributed by atoms with van der Waals surface area (Å²) in [6, 6.07) is 17.3. The van der Waals surface area contributed by atoms with Gasteiger partial charge >= 0.3 is 0 Å². The van der Waals surface area contributed by atoms with Crippen LogP contribution in [-0.2, 0) is 16.0 Å². The first-order valence-corrected chi connectivity index (χ1v) is 13.4.